The molecule has 0 unspecified atom stereocenters. The summed E-state index contributed by atoms with van der Waals surface area (Å²) in [5.74, 6) is -0.238. The van der Waals surface area contributed by atoms with Gasteiger partial charge in [0, 0.05) is 28.5 Å². The van der Waals surface area contributed by atoms with Gasteiger partial charge in [-0.3, -0.25) is 14.4 Å². The molecule has 0 radical (unpaired) electrons. The number of nitrogens with one attached hydrogen (secondary N) is 2. The molecule has 114 valence electrons. The number of carboxylic acid groups (broad SMARTS) is 1. The van der Waals surface area contributed by atoms with Crippen molar-refractivity contribution < 1.29 is 14.7 Å². The monoisotopic (exact) mass is 318 g/mol. The lowest BCUT2D eigenvalue weighted by Gasteiger charge is -2.40. The van der Waals surface area contributed by atoms with Gasteiger partial charge in [0.1, 0.15) is 0 Å². The summed E-state index contributed by atoms with van der Waals surface area (Å²) in [5, 5.41) is 12.4. The quantitative estimate of drug-likeness (QED) is 0.787. The first-order valence-electron chi connectivity index (χ1n) is 6.73. The van der Waals surface area contributed by atoms with Crippen LogP contribution in [-0.4, -0.2) is 39.0 Å². The first kappa shape index (κ1) is 14.6. The molecule has 0 saturated carbocycles. The van der Waals surface area contributed by atoms with Crippen molar-refractivity contribution in [1.82, 2.24) is 10.3 Å². The molecule has 3 N–H and O–H groups in total. The molecule has 1 aromatic carbocycles. The number of carbonyl (C=O) groups excluding carboxylic acids is 1. The summed E-state index contributed by atoms with van der Waals surface area (Å²) in [4.78, 5) is 37.9. The normalized spacial score (nSPS) is 16.0. The van der Waals surface area contributed by atoms with Gasteiger partial charge in [-0.1, -0.05) is 18.2 Å². The van der Waals surface area contributed by atoms with Gasteiger partial charge in [0.05, 0.1) is 17.5 Å². The fourth-order valence-corrected chi connectivity index (χ4v) is 3.60. The van der Waals surface area contributed by atoms with Crippen LogP contribution in [-0.2, 0) is 4.79 Å². The molecule has 2 aromatic rings. The first-order chi connectivity index (χ1) is 10.5. The van der Waals surface area contributed by atoms with Gasteiger partial charge < -0.3 is 15.4 Å². The molecule has 1 aliphatic rings. The minimum Gasteiger partial charge on any atom is -0.481 e. The fourth-order valence-electron chi connectivity index (χ4n) is 2.56. The lowest BCUT2D eigenvalue weighted by molar-refractivity contribution is -0.138. The Labute approximate surface area is 129 Å². The van der Waals surface area contributed by atoms with Gasteiger partial charge in [-0.15, -0.1) is 0 Å². The zero-order valence-electron chi connectivity index (χ0n) is 11.6. The molecule has 22 heavy (non-hydrogen) atoms. The van der Waals surface area contributed by atoms with Crippen molar-refractivity contribution in [2.45, 2.75) is 12.0 Å². The van der Waals surface area contributed by atoms with Crippen LogP contribution in [0.15, 0.2) is 35.1 Å². The molecule has 0 aliphatic carbocycles. The average Bonchev–Trinajstić information content (AvgIpc) is 2.43. The van der Waals surface area contributed by atoms with Crippen molar-refractivity contribution in [3.05, 3.63) is 46.2 Å². The minimum atomic E-state index is -0.948. The van der Waals surface area contributed by atoms with E-state index in [1.165, 1.54) is 6.07 Å². The summed E-state index contributed by atoms with van der Waals surface area (Å²) < 4.78 is 0. The molecule has 2 heterocycles. The standard InChI is InChI=1S/C15H14N2O4S/c18-12-5-10(9-3-1-2-4-11(9)16-12)14(21)17-15(6-13(19)20)7-22-8-15/h1-5H,6-8H2,(H,16,18)(H,17,21)(H,19,20). The highest BCUT2D eigenvalue weighted by Crippen LogP contribution is 2.33. The first-order valence-corrected chi connectivity index (χ1v) is 7.89. The smallest absolute Gasteiger partial charge is 0.305 e. The number of aromatic nitrogens is 1. The van der Waals surface area contributed by atoms with Gasteiger partial charge in [0.2, 0.25) is 5.56 Å². The van der Waals surface area contributed by atoms with E-state index in [9.17, 15) is 14.4 Å². The maximum Gasteiger partial charge on any atom is 0.305 e. The third-order valence-corrected chi connectivity index (χ3v) is 5.13. The molecular formula is C15H14N2O4S. The van der Waals surface area contributed by atoms with Crippen LogP contribution >= 0.6 is 11.8 Å². The lowest BCUT2D eigenvalue weighted by Crippen LogP contribution is -2.59. The predicted octanol–water partition coefficient (Wildman–Crippen LogP) is 1.22. The number of pyridine rings is 1. The zero-order valence-corrected chi connectivity index (χ0v) is 12.4. The number of hydrogen-bond donors (Lipinski definition) is 3. The van der Waals surface area contributed by atoms with Gasteiger partial charge in [0.15, 0.2) is 0 Å². The Bertz CT molecular complexity index is 811. The summed E-state index contributed by atoms with van der Waals surface area (Å²) in [6.45, 7) is 0. The molecule has 0 atom stereocenters. The van der Waals surface area contributed by atoms with Crippen LogP contribution < -0.4 is 10.9 Å². The highest BCUT2D eigenvalue weighted by Gasteiger charge is 2.41. The van der Waals surface area contributed by atoms with E-state index in [-0.39, 0.29) is 17.5 Å². The summed E-state index contributed by atoms with van der Waals surface area (Å²) >= 11 is 1.58. The number of benzene rings is 1. The Balaban J connectivity index is 1.95. The maximum absolute atomic E-state index is 12.5. The Hall–Kier alpha value is -2.28. The van der Waals surface area contributed by atoms with E-state index in [1.54, 1.807) is 36.0 Å². The molecule has 7 heteroatoms. The third-order valence-electron chi connectivity index (χ3n) is 3.62. The molecule has 1 amide bonds. The number of thioether (sulfide) groups is 1. The molecule has 1 aliphatic heterocycles. The van der Waals surface area contributed by atoms with E-state index < -0.39 is 17.4 Å². The Morgan fingerprint density at radius 1 is 1.32 bits per heavy atom. The van der Waals surface area contributed by atoms with Crippen molar-refractivity contribution in [2.24, 2.45) is 0 Å². The van der Waals surface area contributed by atoms with E-state index in [0.717, 1.165) is 0 Å². The average molecular weight is 318 g/mol. The number of para-hydroxylation sites is 1. The minimum absolute atomic E-state index is 0.118. The van der Waals surface area contributed by atoms with Gasteiger partial charge in [-0.2, -0.15) is 11.8 Å². The summed E-state index contributed by atoms with van der Waals surface area (Å²) in [5.41, 5.74) is -0.243. The van der Waals surface area contributed by atoms with Gasteiger partial charge in [-0.05, 0) is 6.07 Å². The van der Waals surface area contributed by atoms with Crippen molar-refractivity contribution >= 4 is 34.5 Å². The molecule has 1 saturated heterocycles. The lowest BCUT2D eigenvalue weighted by atomic mass is 9.97. The van der Waals surface area contributed by atoms with Crippen LogP contribution in [0.4, 0.5) is 0 Å². The highest BCUT2D eigenvalue weighted by molar-refractivity contribution is 8.00. The zero-order chi connectivity index (χ0) is 15.7. The largest absolute Gasteiger partial charge is 0.481 e. The third kappa shape index (κ3) is 2.71. The Morgan fingerprint density at radius 3 is 2.68 bits per heavy atom. The van der Waals surface area contributed by atoms with Crippen LogP contribution in [0.25, 0.3) is 10.9 Å². The summed E-state index contributed by atoms with van der Waals surface area (Å²) in [6, 6.07) is 8.27. The second-order valence-corrected chi connectivity index (χ2v) is 6.38. The van der Waals surface area contributed by atoms with Crippen molar-refractivity contribution in [1.29, 1.82) is 0 Å². The van der Waals surface area contributed by atoms with E-state index in [2.05, 4.69) is 10.3 Å². The number of hydrogen-bond acceptors (Lipinski definition) is 4. The topological polar surface area (TPSA) is 99.3 Å². The van der Waals surface area contributed by atoms with Crippen LogP contribution in [0.2, 0.25) is 0 Å². The summed E-state index contributed by atoms with van der Waals surface area (Å²) in [6.07, 6.45) is -0.118. The second-order valence-electron chi connectivity index (χ2n) is 5.39. The molecule has 0 bridgehead atoms. The van der Waals surface area contributed by atoms with Gasteiger partial charge >= 0.3 is 5.97 Å². The fraction of sp³-hybridized carbons (Fsp3) is 0.267. The maximum atomic E-state index is 12.5. The molecular weight excluding hydrogens is 304 g/mol. The number of rotatable bonds is 4. The van der Waals surface area contributed by atoms with Gasteiger partial charge in [-0.25, -0.2) is 0 Å². The predicted molar refractivity (Wildman–Crippen MR) is 84.3 cm³/mol. The van der Waals surface area contributed by atoms with Crippen molar-refractivity contribution in [2.75, 3.05) is 11.5 Å². The van der Waals surface area contributed by atoms with Crippen molar-refractivity contribution in [3.8, 4) is 0 Å². The van der Waals surface area contributed by atoms with Crippen LogP contribution in [0.5, 0.6) is 0 Å². The van der Waals surface area contributed by atoms with E-state index in [1.807, 2.05) is 0 Å². The Morgan fingerprint density at radius 2 is 2.05 bits per heavy atom. The SMILES string of the molecule is O=C(O)CC1(NC(=O)c2cc(=O)[nH]c3ccccc23)CSC1. The summed E-state index contributed by atoms with van der Waals surface area (Å²) in [7, 11) is 0. The van der Waals surface area contributed by atoms with Gasteiger partial charge in [0.25, 0.3) is 5.91 Å². The Kier molecular flexibility index (Phi) is 3.66. The number of carboxylic acids is 1. The molecule has 6 nitrogen and oxygen atoms in total. The number of H-pyrrole nitrogens is 1. The number of amides is 1. The number of carbonyl (C=O) groups is 2. The van der Waals surface area contributed by atoms with Crippen LogP contribution in [0.3, 0.4) is 0 Å². The second kappa shape index (κ2) is 5.49. The molecule has 1 fully saturated rings. The molecule has 0 spiro atoms. The number of aromatic amines is 1. The van der Waals surface area contributed by atoms with E-state index in [4.69, 9.17) is 5.11 Å². The van der Waals surface area contributed by atoms with Crippen LogP contribution in [0.1, 0.15) is 16.8 Å². The van der Waals surface area contributed by atoms with Crippen molar-refractivity contribution in [3.63, 3.8) is 0 Å². The number of aliphatic carboxylic acids is 1. The molecule has 1 aromatic heterocycles. The highest BCUT2D eigenvalue weighted by atomic mass is 32.2. The van der Waals surface area contributed by atoms with E-state index >= 15 is 0 Å². The number of fused-ring (bicyclic) bond motifs is 1. The molecule has 3 rings (SSSR count). The van der Waals surface area contributed by atoms with E-state index in [0.29, 0.717) is 22.4 Å². The van der Waals surface area contributed by atoms with Crippen LogP contribution in [0, 0.1) is 0 Å².